The van der Waals surface area contributed by atoms with Crippen molar-refractivity contribution >= 4 is 69.7 Å². The normalized spacial score (nSPS) is 13.6. The Morgan fingerprint density at radius 1 is 0.343 bits per heavy atom. The Morgan fingerprint density at radius 2 is 0.771 bits per heavy atom. The average molecular weight is 943 g/mol. The molecule has 4 heterocycles. The zero-order chi connectivity index (χ0) is 47.5. The molecule has 0 unspecified atom stereocenters. The number of benzene rings is 9. The first-order chi connectivity index (χ1) is 33.9. The van der Waals surface area contributed by atoms with Crippen LogP contribution in [0.4, 0.5) is 0 Å². The second kappa shape index (κ2) is 16.3. The Labute approximate surface area is 419 Å². The van der Waals surface area contributed by atoms with Gasteiger partial charge in [-0.1, -0.05) is 191 Å². The maximum Gasteiger partial charge on any atom is 0.253 e. The fraction of sp³-hybridized carbons (Fsp3) is 0.129. The Kier molecular flexibility index (Phi) is 10.0. The molecule has 0 aromatic heterocycles. The van der Waals surface area contributed by atoms with E-state index < -0.39 is 0 Å². The van der Waals surface area contributed by atoms with Gasteiger partial charge in [-0.3, -0.25) is 0 Å². The van der Waals surface area contributed by atoms with E-state index in [9.17, 15) is 0 Å². The molecule has 8 heteroatoms. The van der Waals surface area contributed by atoms with Crippen molar-refractivity contribution in [3.8, 4) is 68.2 Å². The SMILES string of the molecule is CC(C)(C)c1ccc2c(c1)Sc1cc(Oc3cccc(-c4ccccc4)c3)cc3c1B2c1cc2c(cc1O3)Oc1cc(Oc3cccc(-c4ccccc4)c3)cc3c1B2c1ccc(C(C)(C)C)cc1S3. The summed E-state index contributed by atoms with van der Waals surface area (Å²) in [7, 11) is 0. The van der Waals surface area contributed by atoms with E-state index in [1.165, 1.54) is 42.8 Å². The first-order valence-electron chi connectivity index (χ1n) is 24.1. The van der Waals surface area contributed by atoms with Crippen LogP contribution < -0.4 is 51.7 Å². The van der Waals surface area contributed by atoms with Crippen molar-refractivity contribution in [3.05, 3.63) is 193 Å². The lowest BCUT2D eigenvalue weighted by molar-refractivity contribution is 0.449. The third-order valence-corrected chi connectivity index (χ3v) is 16.4. The molecule has 0 amide bonds. The molecule has 0 radical (unpaired) electrons. The van der Waals surface area contributed by atoms with Gasteiger partial charge in [-0.05, 0) is 115 Å². The van der Waals surface area contributed by atoms with E-state index in [0.717, 1.165) is 89.0 Å². The molecule has 0 aliphatic carbocycles. The molecule has 4 aliphatic rings. The topological polar surface area (TPSA) is 36.9 Å². The van der Waals surface area contributed by atoms with E-state index >= 15 is 0 Å². The maximum atomic E-state index is 7.12. The highest BCUT2D eigenvalue weighted by Gasteiger charge is 2.45. The second-order valence-electron chi connectivity index (χ2n) is 20.9. The lowest BCUT2D eigenvalue weighted by Crippen LogP contribution is -2.62. The van der Waals surface area contributed by atoms with E-state index in [1.54, 1.807) is 0 Å². The zero-order valence-electron chi connectivity index (χ0n) is 39.9. The molecule has 0 saturated heterocycles. The van der Waals surface area contributed by atoms with Gasteiger partial charge >= 0.3 is 0 Å². The Bertz CT molecular complexity index is 3360. The summed E-state index contributed by atoms with van der Waals surface area (Å²) >= 11 is 3.62. The van der Waals surface area contributed by atoms with Crippen LogP contribution in [0.1, 0.15) is 52.7 Å². The third-order valence-electron chi connectivity index (χ3n) is 14.1. The van der Waals surface area contributed by atoms with Gasteiger partial charge in [-0.15, -0.1) is 0 Å². The van der Waals surface area contributed by atoms with E-state index in [0.29, 0.717) is 0 Å². The van der Waals surface area contributed by atoms with Gasteiger partial charge in [0.2, 0.25) is 0 Å². The smallest absolute Gasteiger partial charge is 0.253 e. The average Bonchev–Trinajstić information content (AvgIpc) is 3.35. The molecule has 0 bridgehead atoms. The van der Waals surface area contributed by atoms with Crippen molar-refractivity contribution < 1.29 is 18.9 Å². The van der Waals surface area contributed by atoms with Crippen LogP contribution in [0.2, 0.25) is 0 Å². The first kappa shape index (κ1) is 43.1. The summed E-state index contributed by atoms with van der Waals surface area (Å²) in [5.41, 5.74) is 14.3. The summed E-state index contributed by atoms with van der Waals surface area (Å²) in [4.78, 5) is 4.78. The minimum absolute atomic E-state index is 0.0127. The van der Waals surface area contributed by atoms with Crippen molar-refractivity contribution in [2.24, 2.45) is 0 Å². The van der Waals surface area contributed by atoms with Gasteiger partial charge in [0.1, 0.15) is 46.0 Å². The molecule has 13 rings (SSSR count). The molecule has 9 aromatic carbocycles. The van der Waals surface area contributed by atoms with Crippen LogP contribution in [0.3, 0.4) is 0 Å². The molecule has 338 valence electrons. The van der Waals surface area contributed by atoms with Gasteiger partial charge in [-0.25, -0.2) is 0 Å². The van der Waals surface area contributed by atoms with Gasteiger partial charge in [-0.2, -0.15) is 0 Å². The van der Waals surface area contributed by atoms with Crippen LogP contribution in [0.25, 0.3) is 22.3 Å². The second-order valence-corrected chi connectivity index (χ2v) is 23.0. The quantitative estimate of drug-likeness (QED) is 0.155. The van der Waals surface area contributed by atoms with Gasteiger partial charge in [0.15, 0.2) is 0 Å². The third kappa shape index (κ3) is 7.51. The lowest BCUT2D eigenvalue weighted by atomic mass is 9.32. The standard InChI is InChI=1S/C62H48B2O4S2/c1-61(2,3)41-23-25-47-55(29-41)69-57-33-45(65-43-21-13-19-39(27-43)37-15-9-7-10-16-37)31-53-59(57)63(47)49-35-50-52(36-51(49)67-53)68-54-32-46(66-44-22-14-20-40(28-44)38-17-11-8-12-18-38)34-58-60(54)64(50)48-26-24-42(62(4,5)6)30-56(48)70-58/h7-36H,1-6H3. The van der Waals surface area contributed by atoms with Gasteiger partial charge in [0.05, 0.1) is 0 Å². The van der Waals surface area contributed by atoms with E-state index in [4.69, 9.17) is 18.9 Å². The fourth-order valence-electron chi connectivity index (χ4n) is 10.5. The molecule has 0 atom stereocenters. The predicted octanol–water partition coefficient (Wildman–Crippen LogP) is 13.4. The minimum Gasteiger partial charge on any atom is -0.458 e. The number of hydrogen-bond acceptors (Lipinski definition) is 6. The molecule has 4 nitrogen and oxygen atoms in total. The molecule has 70 heavy (non-hydrogen) atoms. The number of fused-ring (bicyclic) bond motifs is 8. The zero-order valence-corrected chi connectivity index (χ0v) is 41.6. The van der Waals surface area contributed by atoms with Crippen LogP contribution in [-0.4, -0.2) is 13.4 Å². The molecular formula is C62H48B2O4S2. The van der Waals surface area contributed by atoms with Crippen molar-refractivity contribution in [2.75, 3.05) is 0 Å². The summed E-state index contributed by atoms with van der Waals surface area (Å²) in [5.74, 6) is 6.15. The molecule has 0 N–H and O–H groups in total. The fourth-order valence-corrected chi connectivity index (χ4v) is 13.0. The number of ether oxygens (including phenoxy) is 4. The highest BCUT2D eigenvalue weighted by Crippen LogP contribution is 2.45. The largest absolute Gasteiger partial charge is 0.458 e. The molecule has 0 fully saturated rings. The van der Waals surface area contributed by atoms with Crippen molar-refractivity contribution in [3.63, 3.8) is 0 Å². The van der Waals surface area contributed by atoms with Crippen molar-refractivity contribution in [1.82, 2.24) is 0 Å². The summed E-state index contributed by atoms with van der Waals surface area (Å²) < 4.78 is 27.7. The highest BCUT2D eigenvalue weighted by molar-refractivity contribution is 8.00. The van der Waals surface area contributed by atoms with Crippen molar-refractivity contribution in [2.45, 2.75) is 72.0 Å². The van der Waals surface area contributed by atoms with Crippen LogP contribution >= 0.6 is 23.5 Å². The Morgan fingerprint density at radius 3 is 1.20 bits per heavy atom. The van der Waals surface area contributed by atoms with E-state index in [2.05, 4.69) is 199 Å². The summed E-state index contributed by atoms with van der Waals surface area (Å²) in [5, 5.41) is 0. The van der Waals surface area contributed by atoms with Crippen LogP contribution in [0.15, 0.2) is 202 Å². The first-order valence-corrected chi connectivity index (χ1v) is 25.7. The Balaban J connectivity index is 0.946. The molecule has 9 aromatic rings. The van der Waals surface area contributed by atoms with Gasteiger partial charge in [0.25, 0.3) is 13.4 Å². The van der Waals surface area contributed by atoms with Crippen LogP contribution in [0.5, 0.6) is 46.0 Å². The lowest BCUT2D eigenvalue weighted by Gasteiger charge is -2.37. The summed E-state index contributed by atoms with van der Waals surface area (Å²) in [6.45, 7) is 13.6. The maximum absolute atomic E-state index is 7.12. The minimum atomic E-state index is -0.0660. The summed E-state index contributed by atoms with van der Waals surface area (Å²) in [6, 6.07) is 64.7. The van der Waals surface area contributed by atoms with Crippen molar-refractivity contribution in [1.29, 1.82) is 0 Å². The number of rotatable bonds is 6. The van der Waals surface area contributed by atoms with E-state index in [1.807, 2.05) is 47.8 Å². The van der Waals surface area contributed by atoms with Crippen LogP contribution in [0, 0.1) is 0 Å². The highest BCUT2D eigenvalue weighted by atomic mass is 32.2. The molecule has 0 spiro atoms. The molecule has 0 saturated carbocycles. The van der Waals surface area contributed by atoms with Gasteiger partial charge in [0, 0.05) is 37.8 Å². The molecular weight excluding hydrogens is 894 g/mol. The monoisotopic (exact) mass is 942 g/mol. The predicted molar refractivity (Wildman–Crippen MR) is 291 cm³/mol. The summed E-state index contributed by atoms with van der Waals surface area (Å²) in [6.07, 6.45) is 0. The van der Waals surface area contributed by atoms with Gasteiger partial charge < -0.3 is 18.9 Å². The number of hydrogen-bond donors (Lipinski definition) is 0. The molecule has 4 aliphatic heterocycles. The van der Waals surface area contributed by atoms with Crippen LogP contribution in [-0.2, 0) is 10.8 Å². The van der Waals surface area contributed by atoms with E-state index in [-0.39, 0.29) is 24.3 Å². The Hall–Kier alpha value is -6.99.